The van der Waals surface area contributed by atoms with Gasteiger partial charge in [-0.25, -0.2) is 0 Å². The Morgan fingerprint density at radius 1 is 1.46 bits per heavy atom. The van der Waals surface area contributed by atoms with Gasteiger partial charge in [0, 0.05) is 0 Å². The van der Waals surface area contributed by atoms with Gasteiger partial charge >= 0.3 is 84.6 Å². The fourth-order valence-corrected chi connectivity index (χ4v) is 1.44. The second-order valence-corrected chi connectivity index (χ2v) is 3.35. The zero-order chi connectivity index (χ0) is 9.68. The summed E-state index contributed by atoms with van der Waals surface area (Å²) in [6.07, 6.45) is 0. The predicted molar refractivity (Wildman–Crippen MR) is 53.4 cm³/mol. The van der Waals surface area contributed by atoms with Crippen molar-refractivity contribution in [2.45, 2.75) is 11.4 Å². The Balaban J connectivity index is 2.62. The van der Waals surface area contributed by atoms with Crippen molar-refractivity contribution in [1.29, 1.82) is 0 Å². The van der Waals surface area contributed by atoms with Crippen LogP contribution in [-0.4, -0.2) is 33.1 Å². The second kappa shape index (κ2) is 4.90. The zero-order valence-electron chi connectivity index (χ0n) is 6.97. The number of nitrogens with one attached hydrogen (secondary N) is 1. The van der Waals surface area contributed by atoms with Crippen LogP contribution in [0.2, 0.25) is 5.32 Å². The molecule has 0 spiro atoms. The Bertz CT molecular complexity index is 276. The Labute approximate surface area is 85.0 Å². The molecular weight excluding hydrogens is 233 g/mol. The average molecular weight is 244 g/mol. The predicted octanol–water partition coefficient (Wildman–Crippen LogP) is 0.871. The Kier molecular flexibility index (Phi) is 3.80. The van der Waals surface area contributed by atoms with Crippen LogP contribution in [0.1, 0.15) is 0 Å². The van der Waals surface area contributed by atoms with Gasteiger partial charge in [0.05, 0.1) is 0 Å². The van der Waals surface area contributed by atoms with Crippen LogP contribution in [0.4, 0.5) is 5.69 Å². The van der Waals surface area contributed by atoms with Gasteiger partial charge in [-0.1, -0.05) is 0 Å². The van der Waals surface area contributed by atoms with E-state index in [4.69, 9.17) is 5.11 Å². The maximum atomic E-state index is 10.7. The molecule has 0 saturated carbocycles. The summed E-state index contributed by atoms with van der Waals surface area (Å²) in [6.45, 7) is 0. The van der Waals surface area contributed by atoms with Gasteiger partial charge in [0.1, 0.15) is 0 Å². The number of benzene rings is 1. The number of hydrogen-bond donors (Lipinski definition) is 2. The van der Waals surface area contributed by atoms with Crippen molar-refractivity contribution in [3.05, 3.63) is 30.3 Å². The number of carboxylic acid groups (broad SMARTS) is 1. The number of anilines is 1. The first-order chi connectivity index (χ1) is 6.24. The number of carbonyl (C=O) groups is 1. The normalized spacial score (nSPS) is 12.1. The summed E-state index contributed by atoms with van der Waals surface area (Å²) in [7, 11) is 0. The van der Waals surface area contributed by atoms with E-state index in [0.29, 0.717) is 5.32 Å². The van der Waals surface area contributed by atoms with Gasteiger partial charge in [-0.2, -0.15) is 0 Å². The third-order valence-corrected chi connectivity index (χ3v) is 2.36. The van der Waals surface area contributed by atoms with E-state index in [1.54, 1.807) is 0 Å². The summed E-state index contributed by atoms with van der Waals surface area (Å²) in [5.41, 5.74) is 0.834. The molecule has 1 rings (SSSR count). The van der Waals surface area contributed by atoms with Crippen molar-refractivity contribution >= 4 is 27.7 Å². The molecule has 0 amide bonds. The van der Waals surface area contributed by atoms with E-state index in [2.05, 4.69) is 21.3 Å². The van der Waals surface area contributed by atoms with Crippen molar-refractivity contribution < 1.29 is 9.90 Å². The molecule has 3 nitrogen and oxygen atoms in total. The maximum absolute atomic E-state index is 10.7. The molecule has 0 aromatic heterocycles. The number of hydrogen-bond acceptors (Lipinski definition) is 2. The summed E-state index contributed by atoms with van der Waals surface area (Å²) < 4.78 is 0. The van der Waals surface area contributed by atoms with E-state index in [9.17, 15) is 4.79 Å². The minimum absolute atomic E-state index is 0.511. The molecule has 4 heteroatoms. The van der Waals surface area contributed by atoms with E-state index in [0.717, 1.165) is 5.69 Å². The molecule has 1 unspecified atom stereocenters. The summed E-state index contributed by atoms with van der Waals surface area (Å²) in [4.78, 5) is 10.7. The van der Waals surface area contributed by atoms with Crippen molar-refractivity contribution in [3.63, 3.8) is 0 Å². The van der Waals surface area contributed by atoms with Crippen molar-refractivity contribution in [3.8, 4) is 0 Å². The minimum atomic E-state index is -0.829. The first-order valence-corrected chi connectivity index (χ1v) is 5.22. The summed E-state index contributed by atoms with van der Waals surface area (Å²) in [5, 5.41) is 12.2. The molecular formula is C9H11NO2Se. The van der Waals surface area contributed by atoms with Gasteiger partial charge < -0.3 is 0 Å². The van der Waals surface area contributed by atoms with Crippen LogP contribution in [0.3, 0.4) is 0 Å². The van der Waals surface area contributed by atoms with Gasteiger partial charge in [-0.3, -0.25) is 0 Å². The van der Waals surface area contributed by atoms with E-state index < -0.39 is 12.0 Å². The van der Waals surface area contributed by atoms with E-state index in [-0.39, 0.29) is 0 Å². The molecule has 2 N–H and O–H groups in total. The average Bonchev–Trinajstić information content (AvgIpc) is 2.15. The number of aliphatic carboxylic acids is 1. The quantitative estimate of drug-likeness (QED) is 0.773. The van der Waals surface area contributed by atoms with E-state index in [1.807, 2.05) is 30.3 Å². The fourth-order valence-electron chi connectivity index (χ4n) is 0.921. The van der Waals surface area contributed by atoms with Crippen LogP contribution in [0.5, 0.6) is 0 Å². The van der Waals surface area contributed by atoms with Gasteiger partial charge in [-0.15, -0.1) is 0 Å². The van der Waals surface area contributed by atoms with Crippen LogP contribution in [0, 0.1) is 0 Å². The van der Waals surface area contributed by atoms with E-state index >= 15 is 0 Å². The zero-order valence-corrected chi connectivity index (χ0v) is 8.85. The molecule has 0 saturated heterocycles. The fraction of sp³-hybridized carbons (Fsp3) is 0.222. The molecule has 70 valence electrons. The third-order valence-electron chi connectivity index (χ3n) is 1.60. The second-order valence-electron chi connectivity index (χ2n) is 2.58. The molecule has 1 atom stereocenters. The number of carboxylic acids is 1. The van der Waals surface area contributed by atoms with E-state index in [1.165, 1.54) is 0 Å². The van der Waals surface area contributed by atoms with Crippen molar-refractivity contribution in [1.82, 2.24) is 0 Å². The molecule has 0 aliphatic carbocycles. The molecule has 1 aromatic carbocycles. The first-order valence-electron chi connectivity index (χ1n) is 3.89. The van der Waals surface area contributed by atoms with Crippen molar-refractivity contribution in [2.24, 2.45) is 0 Å². The van der Waals surface area contributed by atoms with Crippen LogP contribution in [0.15, 0.2) is 30.3 Å². The number of para-hydroxylation sites is 1. The Morgan fingerprint density at radius 2 is 2.08 bits per heavy atom. The van der Waals surface area contributed by atoms with Gasteiger partial charge in [0.2, 0.25) is 0 Å². The third kappa shape index (κ3) is 3.09. The molecule has 0 heterocycles. The molecule has 0 radical (unpaired) electrons. The monoisotopic (exact) mass is 245 g/mol. The van der Waals surface area contributed by atoms with Crippen LogP contribution >= 0.6 is 0 Å². The summed E-state index contributed by atoms with van der Waals surface area (Å²) in [5.74, 6) is -0.829. The molecule has 0 aliphatic heterocycles. The topological polar surface area (TPSA) is 49.3 Å². The molecule has 0 fully saturated rings. The molecule has 0 bridgehead atoms. The summed E-state index contributed by atoms with van der Waals surface area (Å²) in [6, 6.07) is 8.79. The SMILES string of the molecule is O=C(O)C(C[SeH])Nc1ccccc1. The molecule has 0 aliphatic rings. The number of rotatable bonds is 4. The van der Waals surface area contributed by atoms with Crippen molar-refractivity contribution in [2.75, 3.05) is 5.32 Å². The van der Waals surface area contributed by atoms with Crippen LogP contribution in [-0.2, 0) is 4.79 Å². The Hall–Kier alpha value is -0.991. The van der Waals surface area contributed by atoms with Gasteiger partial charge in [-0.05, 0) is 0 Å². The molecule has 1 aromatic rings. The molecule has 13 heavy (non-hydrogen) atoms. The Morgan fingerprint density at radius 3 is 2.54 bits per heavy atom. The van der Waals surface area contributed by atoms with Gasteiger partial charge in [0.25, 0.3) is 0 Å². The van der Waals surface area contributed by atoms with Crippen LogP contribution in [0.25, 0.3) is 0 Å². The standard InChI is InChI=1S/C9H11NO2Se/c11-9(12)8(6-13)10-7-4-2-1-3-5-7/h1-5,8,10,13H,6H2,(H,11,12). The first kappa shape index (κ1) is 10.1. The van der Waals surface area contributed by atoms with Gasteiger partial charge in [0.15, 0.2) is 0 Å². The summed E-state index contributed by atoms with van der Waals surface area (Å²) >= 11 is 2.27. The van der Waals surface area contributed by atoms with Crippen LogP contribution < -0.4 is 5.32 Å².